The first kappa shape index (κ1) is 19.2. The van der Waals surface area contributed by atoms with Gasteiger partial charge in [0.2, 0.25) is 5.88 Å². The van der Waals surface area contributed by atoms with E-state index in [2.05, 4.69) is 15.0 Å². The summed E-state index contributed by atoms with van der Waals surface area (Å²) in [7, 11) is 0. The second-order valence-corrected chi connectivity index (χ2v) is 6.74. The largest absolute Gasteiger partial charge is 0.476 e. The number of nitrogens with zero attached hydrogens (tertiary/aromatic N) is 5. The molecule has 10 heteroatoms. The molecule has 4 rings (SSSR count). The summed E-state index contributed by atoms with van der Waals surface area (Å²) in [4.78, 5) is 12.5. The van der Waals surface area contributed by atoms with Crippen molar-refractivity contribution < 1.29 is 24.1 Å². The fraction of sp³-hybridized carbons (Fsp3) is 0.368. The predicted octanol–water partition coefficient (Wildman–Crippen LogP) is 1.10. The number of nitriles is 1. The van der Waals surface area contributed by atoms with Gasteiger partial charge in [-0.15, -0.1) is 0 Å². The van der Waals surface area contributed by atoms with Crippen LogP contribution in [-0.2, 0) is 11.2 Å². The minimum absolute atomic E-state index is 0.00604. The Labute approximate surface area is 165 Å². The van der Waals surface area contributed by atoms with Crippen LogP contribution in [0.5, 0.6) is 5.88 Å². The zero-order valence-corrected chi connectivity index (χ0v) is 15.4. The number of hydrogen-bond acceptors (Lipinski definition) is 8. The zero-order chi connectivity index (χ0) is 20.5. The highest BCUT2D eigenvalue weighted by Crippen LogP contribution is 2.32. The molecule has 3 aromatic rings. The van der Waals surface area contributed by atoms with Crippen molar-refractivity contribution in [1.29, 1.82) is 5.26 Å². The number of benzene rings is 1. The molecule has 1 aliphatic heterocycles. The normalized spacial score (nSPS) is 24.0. The Morgan fingerprint density at radius 2 is 2.10 bits per heavy atom. The van der Waals surface area contributed by atoms with E-state index in [1.165, 1.54) is 29.4 Å². The summed E-state index contributed by atoms with van der Waals surface area (Å²) in [5.74, 6) is -0.330. The van der Waals surface area contributed by atoms with Gasteiger partial charge < -0.3 is 19.7 Å². The second-order valence-electron chi connectivity index (χ2n) is 6.74. The molecule has 1 fully saturated rings. The molecule has 29 heavy (non-hydrogen) atoms. The van der Waals surface area contributed by atoms with Crippen LogP contribution in [0.25, 0.3) is 11.2 Å². The van der Waals surface area contributed by atoms with Crippen LogP contribution >= 0.6 is 0 Å². The minimum atomic E-state index is -1.12. The van der Waals surface area contributed by atoms with Crippen LogP contribution in [0.15, 0.2) is 30.9 Å². The molecule has 0 radical (unpaired) electrons. The molecule has 3 heterocycles. The number of fused-ring (bicyclic) bond motifs is 1. The van der Waals surface area contributed by atoms with Crippen LogP contribution in [0.3, 0.4) is 0 Å². The van der Waals surface area contributed by atoms with Gasteiger partial charge in [0.15, 0.2) is 17.4 Å². The maximum atomic E-state index is 13.7. The van der Waals surface area contributed by atoms with Crippen molar-refractivity contribution in [2.45, 2.75) is 37.9 Å². The van der Waals surface area contributed by atoms with Gasteiger partial charge >= 0.3 is 0 Å². The van der Waals surface area contributed by atoms with Gasteiger partial charge in [-0.3, -0.25) is 4.57 Å². The van der Waals surface area contributed by atoms with Crippen LogP contribution < -0.4 is 4.74 Å². The van der Waals surface area contributed by atoms with E-state index in [9.17, 15) is 14.6 Å². The monoisotopic (exact) mass is 399 g/mol. The maximum absolute atomic E-state index is 13.7. The molecular formula is C19H18FN5O4. The first-order valence-corrected chi connectivity index (χ1v) is 9.00. The molecule has 0 spiro atoms. The lowest BCUT2D eigenvalue weighted by atomic mass is 10.1. The summed E-state index contributed by atoms with van der Waals surface area (Å²) in [6.45, 7) is 1.88. The summed E-state index contributed by atoms with van der Waals surface area (Å²) >= 11 is 0. The van der Waals surface area contributed by atoms with Gasteiger partial charge in [0.1, 0.15) is 30.4 Å². The number of halogens is 1. The Balaban J connectivity index is 1.50. The van der Waals surface area contributed by atoms with E-state index >= 15 is 0 Å². The summed E-state index contributed by atoms with van der Waals surface area (Å²) in [5.41, 5.74) is 1.45. The van der Waals surface area contributed by atoms with Gasteiger partial charge in [0.25, 0.3) is 0 Å². The third-order valence-corrected chi connectivity index (χ3v) is 4.86. The van der Waals surface area contributed by atoms with Crippen molar-refractivity contribution in [3.8, 4) is 11.9 Å². The molecule has 2 aromatic heterocycles. The fourth-order valence-corrected chi connectivity index (χ4v) is 3.25. The third-order valence-electron chi connectivity index (χ3n) is 4.86. The molecule has 150 valence electrons. The quantitative estimate of drug-likeness (QED) is 0.653. The molecule has 0 saturated carbocycles. The average molecular weight is 399 g/mol. The van der Waals surface area contributed by atoms with Gasteiger partial charge in [0, 0.05) is 6.42 Å². The number of aliphatic hydroxyl groups excluding tert-OH is 2. The van der Waals surface area contributed by atoms with Gasteiger partial charge in [-0.25, -0.2) is 14.4 Å². The molecule has 1 aromatic carbocycles. The fourth-order valence-electron chi connectivity index (χ4n) is 3.25. The topological polar surface area (TPSA) is 126 Å². The molecule has 4 atom stereocenters. The van der Waals surface area contributed by atoms with E-state index in [4.69, 9.17) is 14.7 Å². The van der Waals surface area contributed by atoms with Crippen LogP contribution in [0.2, 0.25) is 0 Å². The molecule has 0 aliphatic carbocycles. The van der Waals surface area contributed by atoms with Gasteiger partial charge in [0.05, 0.1) is 24.6 Å². The van der Waals surface area contributed by atoms with Crippen molar-refractivity contribution in [3.05, 3.63) is 47.8 Å². The Hall–Kier alpha value is -3.13. The van der Waals surface area contributed by atoms with E-state index in [1.54, 1.807) is 19.1 Å². The molecule has 0 unspecified atom stereocenters. The third kappa shape index (κ3) is 3.51. The van der Waals surface area contributed by atoms with E-state index in [-0.39, 0.29) is 18.1 Å². The number of imidazole rings is 1. The number of aromatic nitrogens is 4. The molecule has 1 aliphatic rings. The van der Waals surface area contributed by atoms with Gasteiger partial charge in [-0.05, 0) is 24.6 Å². The van der Waals surface area contributed by atoms with E-state index < -0.39 is 30.4 Å². The minimum Gasteiger partial charge on any atom is -0.476 e. The lowest BCUT2D eigenvalue weighted by Gasteiger charge is -2.16. The van der Waals surface area contributed by atoms with Crippen molar-refractivity contribution in [2.24, 2.45) is 0 Å². The molecular weight excluding hydrogens is 381 g/mol. The standard InChI is InChI=1S/C19H18FN5O4/c1-10-15(26)16(27)19(29-10)25-9-24-14-17(25)22-8-23-18(14)28-5-4-11-2-3-12(7-21)13(20)6-11/h2-3,6,8-10,15-16,19,26-27H,4-5H2,1H3/t10-,15-,16-,19-/m1/s1. The SMILES string of the molecule is C[C@H]1O[C@@H](n2cnc3c(OCCc4ccc(C#N)c(F)c4)ncnc32)[C@H](O)[C@@H]1O. The lowest BCUT2D eigenvalue weighted by molar-refractivity contribution is -0.0299. The first-order chi connectivity index (χ1) is 14.0. The smallest absolute Gasteiger partial charge is 0.245 e. The van der Waals surface area contributed by atoms with E-state index in [0.717, 1.165) is 0 Å². The van der Waals surface area contributed by atoms with E-state index in [0.29, 0.717) is 23.1 Å². The van der Waals surface area contributed by atoms with Crippen LogP contribution in [0, 0.1) is 17.1 Å². The summed E-state index contributed by atoms with van der Waals surface area (Å²) in [6, 6.07) is 6.18. The molecule has 1 saturated heterocycles. The number of ether oxygens (including phenoxy) is 2. The highest BCUT2D eigenvalue weighted by atomic mass is 19.1. The maximum Gasteiger partial charge on any atom is 0.245 e. The highest BCUT2D eigenvalue weighted by molar-refractivity contribution is 5.76. The summed E-state index contributed by atoms with van der Waals surface area (Å²) in [6.07, 6.45) is -0.328. The summed E-state index contributed by atoms with van der Waals surface area (Å²) < 4.78 is 26.5. The Bertz CT molecular complexity index is 1080. The molecule has 2 N–H and O–H groups in total. The zero-order valence-electron chi connectivity index (χ0n) is 15.4. The van der Waals surface area contributed by atoms with E-state index in [1.807, 2.05) is 0 Å². The average Bonchev–Trinajstić information content (AvgIpc) is 3.25. The number of aliphatic hydroxyl groups is 2. The molecule has 0 amide bonds. The Morgan fingerprint density at radius 3 is 2.79 bits per heavy atom. The first-order valence-electron chi connectivity index (χ1n) is 9.00. The second kappa shape index (κ2) is 7.71. The van der Waals surface area contributed by atoms with Crippen LogP contribution in [-0.4, -0.2) is 54.7 Å². The number of hydrogen-bond donors (Lipinski definition) is 2. The van der Waals surface area contributed by atoms with Crippen LogP contribution in [0.4, 0.5) is 4.39 Å². The van der Waals surface area contributed by atoms with Crippen molar-refractivity contribution in [3.63, 3.8) is 0 Å². The molecule has 0 bridgehead atoms. The van der Waals surface area contributed by atoms with Crippen LogP contribution in [0.1, 0.15) is 24.3 Å². The summed E-state index contributed by atoms with van der Waals surface area (Å²) in [5, 5.41) is 28.9. The number of rotatable bonds is 5. The molecule has 9 nitrogen and oxygen atoms in total. The van der Waals surface area contributed by atoms with Gasteiger partial charge in [-0.1, -0.05) is 6.07 Å². The highest BCUT2D eigenvalue weighted by Gasteiger charge is 2.42. The van der Waals surface area contributed by atoms with Crippen molar-refractivity contribution in [1.82, 2.24) is 19.5 Å². The Kier molecular flexibility index (Phi) is 5.10. The van der Waals surface area contributed by atoms with Gasteiger partial charge in [-0.2, -0.15) is 10.2 Å². The van der Waals surface area contributed by atoms with Crippen molar-refractivity contribution in [2.75, 3.05) is 6.61 Å². The lowest BCUT2D eigenvalue weighted by Crippen LogP contribution is -2.30. The Morgan fingerprint density at radius 1 is 1.28 bits per heavy atom. The van der Waals surface area contributed by atoms with Crippen molar-refractivity contribution >= 4 is 11.2 Å². The predicted molar refractivity (Wildman–Crippen MR) is 97.2 cm³/mol.